The van der Waals surface area contributed by atoms with Crippen molar-refractivity contribution in [3.05, 3.63) is 23.3 Å². The first-order valence-electron chi connectivity index (χ1n) is 12.0. The summed E-state index contributed by atoms with van der Waals surface area (Å²) in [5.74, 6) is 0.619. The number of piperazine rings is 1. The summed E-state index contributed by atoms with van der Waals surface area (Å²) in [6, 6.07) is 3.24. The van der Waals surface area contributed by atoms with E-state index in [4.69, 9.17) is 9.47 Å². The Morgan fingerprint density at radius 1 is 1.09 bits per heavy atom. The largest absolute Gasteiger partial charge is 0.497 e. The summed E-state index contributed by atoms with van der Waals surface area (Å²) in [6.07, 6.45) is 1.51. The maximum Gasteiger partial charge on any atom is 0.248 e. The van der Waals surface area contributed by atoms with E-state index >= 15 is 0 Å². The summed E-state index contributed by atoms with van der Waals surface area (Å²) in [6.45, 7) is 9.42. The van der Waals surface area contributed by atoms with Crippen molar-refractivity contribution in [2.45, 2.75) is 37.6 Å². The van der Waals surface area contributed by atoms with Gasteiger partial charge >= 0.3 is 0 Å². The van der Waals surface area contributed by atoms with Gasteiger partial charge in [0.05, 0.1) is 18.6 Å². The second kappa shape index (κ2) is 11.8. The minimum absolute atomic E-state index is 0.0112. The molecule has 1 amide bonds. The second-order valence-corrected chi connectivity index (χ2v) is 11.4. The number of methoxy groups -OCH3 is 1. The molecule has 0 spiro atoms. The molecule has 9 nitrogen and oxygen atoms in total. The first-order chi connectivity index (χ1) is 16.1. The van der Waals surface area contributed by atoms with Crippen LogP contribution in [0.3, 0.4) is 0 Å². The predicted molar refractivity (Wildman–Crippen MR) is 132 cm³/mol. The third-order valence-electron chi connectivity index (χ3n) is 6.68. The number of amides is 1. The number of hydrogen-bond acceptors (Lipinski definition) is 7. The molecule has 192 valence electrons. The summed E-state index contributed by atoms with van der Waals surface area (Å²) in [7, 11) is 2.03. The van der Waals surface area contributed by atoms with Crippen LogP contribution in [0.2, 0.25) is 0 Å². The number of hydrogen-bond donors (Lipinski definition) is 0. The summed E-state index contributed by atoms with van der Waals surface area (Å²) in [5.41, 5.74) is 1.34. The van der Waals surface area contributed by atoms with Crippen molar-refractivity contribution in [1.82, 2.24) is 19.0 Å². The molecule has 0 radical (unpaired) electrons. The highest BCUT2D eigenvalue weighted by Crippen LogP contribution is 2.32. The Morgan fingerprint density at radius 3 is 2.32 bits per heavy atom. The van der Waals surface area contributed by atoms with Crippen LogP contribution < -0.4 is 4.74 Å². The lowest BCUT2D eigenvalue weighted by atomic mass is 10.1. The molecular weight excluding hydrogens is 456 g/mol. The summed E-state index contributed by atoms with van der Waals surface area (Å²) in [5, 5.41) is 0. The Morgan fingerprint density at radius 2 is 1.74 bits per heavy atom. The topological polar surface area (TPSA) is 82.6 Å². The van der Waals surface area contributed by atoms with E-state index in [0.29, 0.717) is 41.4 Å². The molecule has 3 rings (SSSR count). The zero-order valence-corrected chi connectivity index (χ0v) is 22.1. The van der Waals surface area contributed by atoms with Gasteiger partial charge in [-0.2, -0.15) is 4.31 Å². The molecule has 2 fully saturated rings. The van der Waals surface area contributed by atoms with Crippen molar-refractivity contribution in [2.24, 2.45) is 0 Å². The van der Waals surface area contributed by atoms with Gasteiger partial charge in [-0.25, -0.2) is 8.42 Å². The summed E-state index contributed by atoms with van der Waals surface area (Å²) >= 11 is 0. The van der Waals surface area contributed by atoms with Crippen LogP contribution in [0.5, 0.6) is 5.75 Å². The van der Waals surface area contributed by atoms with E-state index in [2.05, 4.69) is 23.9 Å². The van der Waals surface area contributed by atoms with Gasteiger partial charge in [0.2, 0.25) is 15.9 Å². The van der Waals surface area contributed by atoms with Crippen molar-refractivity contribution in [1.29, 1.82) is 0 Å². The van der Waals surface area contributed by atoms with E-state index in [1.807, 2.05) is 4.90 Å². The number of nitrogens with zero attached hydrogens (tertiary/aromatic N) is 4. The number of carbonyl (C=O) groups is 1. The molecule has 1 atom stereocenters. The maximum absolute atomic E-state index is 13.5. The molecule has 2 heterocycles. The standard InChI is InChI=1S/C24H40N4O5S/c1-19-15-22(32-5)16-20(2)24(19)34(30,31)28-8-6-7-21(28)17-33-18-23(29)27-13-11-26(12-14-27)10-9-25(3)4/h15-16,21H,6-14,17-18H2,1-5H3/t21-/m0/s1. The fourth-order valence-corrected chi connectivity index (χ4v) is 6.87. The molecule has 2 saturated heterocycles. The van der Waals surface area contributed by atoms with Crippen molar-refractivity contribution in [3.63, 3.8) is 0 Å². The average molecular weight is 497 g/mol. The number of benzene rings is 1. The number of carbonyl (C=O) groups excluding carboxylic acids is 1. The van der Waals surface area contributed by atoms with Gasteiger partial charge in [-0.1, -0.05) is 0 Å². The molecule has 2 aliphatic heterocycles. The van der Waals surface area contributed by atoms with Crippen LogP contribution in [-0.2, 0) is 19.6 Å². The first kappa shape index (κ1) is 26.9. The van der Waals surface area contributed by atoms with Crippen LogP contribution in [0, 0.1) is 13.8 Å². The van der Waals surface area contributed by atoms with Crippen molar-refractivity contribution >= 4 is 15.9 Å². The van der Waals surface area contributed by atoms with E-state index in [0.717, 1.165) is 39.0 Å². The van der Waals surface area contributed by atoms with Crippen LogP contribution in [0.4, 0.5) is 0 Å². The highest BCUT2D eigenvalue weighted by molar-refractivity contribution is 7.89. The van der Waals surface area contributed by atoms with E-state index < -0.39 is 10.0 Å². The third-order valence-corrected chi connectivity index (χ3v) is 8.94. The lowest BCUT2D eigenvalue weighted by Gasteiger charge is -2.35. The van der Waals surface area contributed by atoms with Crippen LogP contribution in [-0.4, -0.2) is 120 Å². The molecule has 1 aromatic rings. The predicted octanol–water partition coefficient (Wildman–Crippen LogP) is 1.19. The Bertz CT molecular complexity index is 922. The first-order valence-corrected chi connectivity index (χ1v) is 13.5. The van der Waals surface area contributed by atoms with Gasteiger partial charge < -0.3 is 19.3 Å². The lowest BCUT2D eigenvalue weighted by Crippen LogP contribution is -2.51. The molecule has 0 saturated carbocycles. The van der Waals surface area contributed by atoms with E-state index in [-0.39, 0.29) is 25.2 Å². The zero-order chi connectivity index (χ0) is 24.9. The number of aryl methyl sites for hydroxylation is 2. The third kappa shape index (κ3) is 6.48. The minimum Gasteiger partial charge on any atom is -0.497 e. The Labute approximate surface area is 204 Å². The average Bonchev–Trinajstić information content (AvgIpc) is 3.26. The second-order valence-electron chi connectivity index (χ2n) is 9.54. The van der Waals surface area contributed by atoms with Gasteiger partial charge in [-0.3, -0.25) is 9.69 Å². The summed E-state index contributed by atoms with van der Waals surface area (Å²) in [4.78, 5) is 19.3. The summed E-state index contributed by atoms with van der Waals surface area (Å²) < 4.78 is 39.6. The molecule has 0 bridgehead atoms. The molecule has 10 heteroatoms. The van der Waals surface area contributed by atoms with Gasteiger partial charge in [0, 0.05) is 51.9 Å². The number of ether oxygens (including phenoxy) is 2. The van der Waals surface area contributed by atoms with Gasteiger partial charge in [-0.15, -0.1) is 0 Å². The normalized spacial score (nSPS) is 20.3. The monoisotopic (exact) mass is 496 g/mol. The highest BCUT2D eigenvalue weighted by atomic mass is 32.2. The van der Waals surface area contributed by atoms with Crippen molar-refractivity contribution in [3.8, 4) is 5.75 Å². The molecule has 0 aromatic heterocycles. The smallest absolute Gasteiger partial charge is 0.248 e. The molecule has 0 N–H and O–H groups in total. The molecule has 34 heavy (non-hydrogen) atoms. The van der Waals surface area contributed by atoms with Crippen LogP contribution in [0.1, 0.15) is 24.0 Å². The zero-order valence-electron chi connectivity index (χ0n) is 21.2. The molecule has 0 unspecified atom stereocenters. The van der Waals surface area contributed by atoms with Crippen LogP contribution in [0.25, 0.3) is 0 Å². The molecule has 0 aliphatic carbocycles. The van der Waals surface area contributed by atoms with Gasteiger partial charge in [-0.05, 0) is 64.0 Å². The SMILES string of the molecule is COc1cc(C)c(S(=O)(=O)N2CCC[C@H]2COCC(=O)N2CCN(CCN(C)C)CC2)c(C)c1. The van der Waals surface area contributed by atoms with E-state index in [9.17, 15) is 13.2 Å². The Hall–Kier alpha value is -1.72. The van der Waals surface area contributed by atoms with Gasteiger partial charge in [0.25, 0.3) is 0 Å². The van der Waals surface area contributed by atoms with Gasteiger partial charge in [0.1, 0.15) is 12.4 Å². The van der Waals surface area contributed by atoms with E-state index in [1.165, 1.54) is 0 Å². The number of likely N-dealkylation sites (N-methyl/N-ethyl adjacent to an activating group) is 1. The van der Waals surface area contributed by atoms with Gasteiger partial charge in [0.15, 0.2) is 0 Å². The molecule has 2 aliphatic rings. The molecule has 1 aromatic carbocycles. The van der Waals surface area contributed by atoms with E-state index in [1.54, 1.807) is 37.4 Å². The Balaban J connectivity index is 1.52. The fraction of sp³-hybridized carbons (Fsp3) is 0.708. The van der Waals surface area contributed by atoms with Crippen LogP contribution >= 0.6 is 0 Å². The highest BCUT2D eigenvalue weighted by Gasteiger charge is 2.37. The Kier molecular flexibility index (Phi) is 9.34. The van der Waals surface area contributed by atoms with Crippen molar-refractivity contribution in [2.75, 3.05) is 80.2 Å². The maximum atomic E-state index is 13.5. The quantitative estimate of drug-likeness (QED) is 0.481. The minimum atomic E-state index is -3.67. The molecular formula is C24H40N4O5S. The van der Waals surface area contributed by atoms with Crippen LogP contribution in [0.15, 0.2) is 17.0 Å². The number of sulfonamides is 1. The van der Waals surface area contributed by atoms with Crippen molar-refractivity contribution < 1.29 is 22.7 Å². The lowest BCUT2D eigenvalue weighted by molar-refractivity contribution is -0.138. The fourth-order valence-electron chi connectivity index (χ4n) is 4.78. The number of rotatable bonds is 10.